The van der Waals surface area contributed by atoms with E-state index in [1.807, 2.05) is 0 Å². The van der Waals surface area contributed by atoms with Crippen LogP contribution in [0.15, 0.2) is 48.5 Å². The zero-order valence-electron chi connectivity index (χ0n) is 17.4. The van der Waals surface area contributed by atoms with Crippen LogP contribution in [-0.2, 0) is 21.2 Å². The third-order valence-corrected chi connectivity index (χ3v) is 5.12. The molecule has 0 aliphatic heterocycles. The van der Waals surface area contributed by atoms with Crippen LogP contribution in [-0.4, -0.2) is 25.0 Å². The Kier molecular flexibility index (Phi) is 6.57. The summed E-state index contributed by atoms with van der Waals surface area (Å²) in [5, 5.41) is 5.52. The van der Waals surface area contributed by atoms with Crippen molar-refractivity contribution >= 4 is 17.5 Å². The highest BCUT2D eigenvalue weighted by molar-refractivity contribution is 5.94. The first-order valence-electron chi connectivity index (χ1n) is 10.0. The minimum absolute atomic E-state index is 0.0216. The molecule has 2 amide bonds. The van der Waals surface area contributed by atoms with Crippen LogP contribution in [0.1, 0.15) is 37.8 Å². The van der Waals surface area contributed by atoms with Gasteiger partial charge in [-0.1, -0.05) is 38.1 Å². The molecule has 31 heavy (non-hydrogen) atoms. The molecule has 0 radical (unpaired) electrons. The van der Waals surface area contributed by atoms with Crippen LogP contribution in [0.25, 0.3) is 0 Å². The molecule has 1 aliphatic rings. The van der Waals surface area contributed by atoms with Crippen molar-refractivity contribution in [3.63, 3.8) is 0 Å². The topological polar surface area (TPSA) is 67.4 Å². The number of carbonyl (C=O) groups is 2. The number of nitrogens with one attached hydrogen (secondary N) is 2. The smallest absolute Gasteiger partial charge is 0.416 e. The molecular weight excluding hydrogens is 409 g/mol. The van der Waals surface area contributed by atoms with Gasteiger partial charge in [0.25, 0.3) is 5.91 Å². The van der Waals surface area contributed by atoms with Crippen molar-refractivity contribution in [2.45, 2.75) is 38.3 Å². The number of alkyl halides is 3. The summed E-state index contributed by atoms with van der Waals surface area (Å²) < 4.78 is 44.4. The second-order valence-corrected chi connectivity index (χ2v) is 8.32. The summed E-state index contributed by atoms with van der Waals surface area (Å²) in [6, 6.07) is 11.9. The van der Waals surface area contributed by atoms with Gasteiger partial charge in [0.15, 0.2) is 6.61 Å². The van der Waals surface area contributed by atoms with E-state index >= 15 is 0 Å². The molecular formula is C23H25F3N2O3. The number of anilines is 1. The van der Waals surface area contributed by atoms with Gasteiger partial charge in [0.2, 0.25) is 5.91 Å². The normalized spacial score (nSPS) is 14.1. The predicted octanol–water partition coefficient (Wildman–Crippen LogP) is 4.53. The van der Waals surface area contributed by atoms with Crippen molar-refractivity contribution in [1.82, 2.24) is 5.32 Å². The van der Waals surface area contributed by atoms with Crippen molar-refractivity contribution in [3.8, 4) is 5.75 Å². The Morgan fingerprint density at radius 1 is 1.03 bits per heavy atom. The second kappa shape index (κ2) is 8.99. The molecule has 0 spiro atoms. The summed E-state index contributed by atoms with van der Waals surface area (Å²) in [5.41, 5.74) is -0.353. The van der Waals surface area contributed by atoms with E-state index in [2.05, 4.69) is 10.6 Å². The predicted molar refractivity (Wildman–Crippen MR) is 111 cm³/mol. The average Bonchev–Trinajstić information content (AvgIpc) is 3.56. The maximum absolute atomic E-state index is 13.0. The molecule has 0 saturated heterocycles. The molecule has 2 N–H and O–H groups in total. The Morgan fingerprint density at radius 3 is 2.39 bits per heavy atom. The SMILES string of the molecule is CC(C)(CNC(=O)COc1cccc(NC(=O)C2CC2)c1)c1cccc(C(F)(F)F)c1. The molecule has 0 heterocycles. The van der Waals surface area contributed by atoms with Crippen molar-refractivity contribution in [1.29, 1.82) is 0 Å². The molecule has 8 heteroatoms. The van der Waals surface area contributed by atoms with Gasteiger partial charge >= 0.3 is 6.18 Å². The van der Waals surface area contributed by atoms with Crippen LogP contribution in [0.4, 0.5) is 18.9 Å². The third-order valence-electron chi connectivity index (χ3n) is 5.12. The number of carbonyl (C=O) groups excluding carboxylic acids is 2. The molecule has 1 aliphatic carbocycles. The van der Waals surface area contributed by atoms with Gasteiger partial charge in [-0.3, -0.25) is 9.59 Å². The zero-order valence-corrected chi connectivity index (χ0v) is 17.4. The lowest BCUT2D eigenvalue weighted by Crippen LogP contribution is -2.39. The third kappa shape index (κ3) is 6.47. The number of hydrogen-bond acceptors (Lipinski definition) is 3. The van der Waals surface area contributed by atoms with E-state index in [0.717, 1.165) is 25.0 Å². The van der Waals surface area contributed by atoms with Crippen LogP contribution in [0, 0.1) is 5.92 Å². The van der Waals surface area contributed by atoms with Crippen molar-refractivity contribution < 1.29 is 27.5 Å². The highest BCUT2D eigenvalue weighted by Gasteiger charge is 2.32. The standard InChI is InChI=1S/C23H25F3N2O3/c1-22(2,16-5-3-6-17(11-16)23(24,25)26)14-27-20(29)13-31-19-8-4-7-18(12-19)28-21(30)15-9-10-15/h3-8,11-12,15H,9-10,13-14H2,1-2H3,(H,27,29)(H,28,30). The molecule has 1 fully saturated rings. The summed E-state index contributed by atoms with van der Waals surface area (Å²) in [6.07, 6.45) is -2.62. The van der Waals surface area contributed by atoms with Gasteiger partial charge in [-0.05, 0) is 36.6 Å². The maximum atomic E-state index is 13.0. The van der Waals surface area contributed by atoms with Gasteiger partial charge in [-0.2, -0.15) is 13.2 Å². The number of benzene rings is 2. The Labute approximate surface area is 179 Å². The Balaban J connectivity index is 1.51. The number of halogens is 3. The molecule has 2 aromatic carbocycles. The van der Waals surface area contributed by atoms with E-state index < -0.39 is 23.1 Å². The van der Waals surface area contributed by atoms with Crippen LogP contribution in [0.2, 0.25) is 0 Å². The fourth-order valence-corrected chi connectivity index (χ4v) is 2.99. The van der Waals surface area contributed by atoms with Crippen LogP contribution >= 0.6 is 0 Å². The largest absolute Gasteiger partial charge is 0.484 e. The van der Waals surface area contributed by atoms with Gasteiger partial charge < -0.3 is 15.4 Å². The van der Waals surface area contributed by atoms with E-state index in [1.165, 1.54) is 6.07 Å². The summed E-state index contributed by atoms with van der Waals surface area (Å²) in [7, 11) is 0. The summed E-state index contributed by atoms with van der Waals surface area (Å²) in [6.45, 7) is 3.41. The number of rotatable bonds is 8. The van der Waals surface area contributed by atoms with E-state index in [4.69, 9.17) is 4.74 Å². The quantitative estimate of drug-likeness (QED) is 0.642. The van der Waals surface area contributed by atoms with Gasteiger partial charge in [0.05, 0.1) is 5.56 Å². The van der Waals surface area contributed by atoms with Crippen molar-refractivity contribution in [3.05, 3.63) is 59.7 Å². The Morgan fingerprint density at radius 2 is 1.71 bits per heavy atom. The number of amides is 2. The Bertz CT molecular complexity index is 953. The fourth-order valence-electron chi connectivity index (χ4n) is 2.99. The Hall–Kier alpha value is -3.03. The summed E-state index contributed by atoms with van der Waals surface area (Å²) >= 11 is 0. The molecule has 0 aromatic heterocycles. The molecule has 1 saturated carbocycles. The van der Waals surface area contributed by atoms with Gasteiger partial charge in [0.1, 0.15) is 5.75 Å². The van der Waals surface area contributed by atoms with E-state index in [1.54, 1.807) is 44.2 Å². The summed E-state index contributed by atoms with van der Waals surface area (Å²) in [5.74, 6) is 0.0932. The van der Waals surface area contributed by atoms with E-state index in [9.17, 15) is 22.8 Å². The maximum Gasteiger partial charge on any atom is 0.416 e. The van der Waals surface area contributed by atoms with Gasteiger partial charge in [-0.15, -0.1) is 0 Å². The molecule has 0 atom stereocenters. The van der Waals surface area contributed by atoms with Gasteiger partial charge in [-0.25, -0.2) is 0 Å². The zero-order chi connectivity index (χ0) is 22.6. The fraction of sp³-hybridized carbons (Fsp3) is 0.391. The lowest BCUT2D eigenvalue weighted by molar-refractivity contribution is -0.137. The number of hydrogen-bond donors (Lipinski definition) is 2. The molecule has 0 unspecified atom stereocenters. The number of ether oxygens (including phenoxy) is 1. The van der Waals surface area contributed by atoms with E-state index in [-0.39, 0.29) is 25.0 Å². The first-order chi connectivity index (χ1) is 14.5. The lowest BCUT2D eigenvalue weighted by Gasteiger charge is -2.26. The first kappa shape index (κ1) is 22.7. The van der Waals surface area contributed by atoms with Crippen LogP contribution in [0.5, 0.6) is 5.75 Å². The van der Waals surface area contributed by atoms with Gasteiger partial charge in [0, 0.05) is 29.6 Å². The molecule has 0 bridgehead atoms. The minimum atomic E-state index is -4.42. The first-order valence-corrected chi connectivity index (χ1v) is 10.0. The molecule has 166 valence electrons. The minimum Gasteiger partial charge on any atom is -0.484 e. The average molecular weight is 434 g/mol. The lowest BCUT2D eigenvalue weighted by atomic mass is 9.83. The monoisotopic (exact) mass is 434 g/mol. The van der Waals surface area contributed by atoms with Crippen molar-refractivity contribution in [2.24, 2.45) is 5.92 Å². The van der Waals surface area contributed by atoms with Crippen molar-refractivity contribution in [2.75, 3.05) is 18.5 Å². The van der Waals surface area contributed by atoms with E-state index in [0.29, 0.717) is 17.0 Å². The molecule has 3 rings (SSSR count). The summed E-state index contributed by atoms with van der Waals surface area (Å²) in [4.78, 5) is 24.0. The molecule has 2 aromatic rings. The highest BCUT2D eigenvalue weighted by Crippen LogP contribution is 2.33. The molecule has 5 nitrogen and oxygen atoms in total. The highest BCUT2D eigenvalue weighted by atomic mass is 19.4. The van der Waals surface area contributed by atoms with Crippen LogP contribution < -0.4 is 15.4 Å². The van der Waals surface area contributed by atoms with Crippen LogP contribution in [0.3, 0.4) is 0 Å². The second-order valence-electron chi connectivity index (χ2n) is 8.32.